The second-order valence-electron chi connectivity index (χ2n) is 8.47. The van der Waals surface area contributed by atoms with Crippen LogP contribution < -0.4 is 11.1 Å². The number of nitrogens with zero attached hydrogens (tertiary/aromatic N) is 2. The summed E-state index contributed by atoms with van der Waals surface area (Å²) in [6.45, 7) is 1.94. The number of sulfonamides is 1. The third kappa shape index (κ3) is 3.71. The number of rotatable bonds is 5. The highest BCUT2D eigenvalue weighted by molar-refractivity contribution is 7.89. The van der Waals surface area contributed by atoms with E-state index < -0.39 is 10.0 Å². The summed E-state index contributed by atoms with van der Waals surface area (Å²) in [5.41, 5.74) is 6.24. The molecular weight excluding hydrogens is 380 g/mol. The molecule has 0 spiro atoms. The van der Waals surface area contributed by atoms with Crippen LogP contribution in [-0.4, -0.2) is 53.2 Å². The molecule has 2 bridgehead atoms. The fourth-order valence-corrected chi connectivity index (χ4v) is 7.50. The van der Waals surface area contributed by atoms with Crippen LogP contribution in [0.2, 0.25) is 0 Å². The summed E-state index contributed by atoms with van der Waals surface area (Å²) >= 11 is 0. The van der Waals surface area contributed by atoms with Crippen molar-refractivity contribution in [2.45, 2.75) is 94.1 Å². The standard InChI is InChI=1S/C19H30N4O4S/c1-2-16-11-18(22-27-16)19(24)21-13-9-14-5-6-15(10-13)23(14)28(25,26)17-7-3-12(20)4-8-17/h11-15,17H,2-10,20H2,1H3,(H,21,24)/t12-,13-,14+,15-,17+. The molecular formula is C19H30N4O4S. The van der Waals surface area contributed by atoms with Gasteiger partial charge in [0.05, 0.1) is 5.25 Å². The van der Waals surface area contributed by atoms with Gasteiger partial charge in [0.2, 0.25) is 10.0 Å². The number of nitrogens with two attached hydrogens (primary N) is 1. The maximum absolute atomic E-state index is 13.3. The lowest BCUT2D eigenvalue weighted by atomic mass is 9.96. The topological polar surface area (TPSA) is 119 Å². The molecule has 2 saturated heterocycles. The van der Waals surface area contributed by atoms with Gasteiger partial charge < -0.3 is 15.6 Å². The molecule has 9 heteroatoms. The molecule has 4 rings (SSSR count). The Labute approximate surface area is 166 Å². The first-order valence-electron chi connectivity index (χ1n) is 10.4. The lowest BCUT2D eigenvalue weighted by molar-refractivity contribution is 0.0899. The molecule has 3 fully saturated rings. The molecule has 28 heavy (non-hydrogen) atoms. The van der Waals surface area contributed by atoms with E-state index in [-0.39, 0.29) is 41.0 Å². The van der Waals surface area contributed by atoms with Gasteiger partial charge in [-0.2, -0.15) is 4.31 Å². The highest BCUT2D eigenvalue weighted by atomic mass is 32.2. The molecule has 3 N–H and O–H groups in total. The molecule has 3 heterocycles. The minimum absolute atomic E-state index is 0.0202. The molecule has 1 aliphatic carbocycles. The zero-order valence-corrected chi connectivity index (χ0v) is 17.2. The van der Waals surface area contributed by atoms with Crippen molar-refractivity contribution in [2.24, 2.45) is 5.73 Å². The Morgan fingerprint density at radius 3 is 2.43 bits per heavy atom. The molecule has 0 radical (unpaired) electrons. The Kier molecular flexibility index (Phi) is 5.50. The molecule has 1 aromatic heterocycles. The van der Waals surface area contributed by atoms with Crippen molar-refractivity contribution in [1.82, 2.24) is 14.8 Å². The van der Waals surface area contributed by atoms with Gasteiger partial charge in [-0.3, -0.25) is 4.79 Å². The van der Waals surface area contributed by atoms with Gasteiger partial charge in [-0.05, 0) is 51.4 Å². The smallest absolute Gasteiger partial charge is 0.273 e. The predicted molar refractivity (Wildman–Crippen MR) is 104 cm³/mol. The van der Waals surface area contributed by atoms with Crippen molar-refractivity contribution < 1.29 is 17.7 Å². The van der Waals surface area contributed by atoms with Crippen LogP contribution in [-0.2, 0) is 16.4 Å². The number of amides is 1. The summed E-state index contributed by atoms with van der Waals surface area (Å²) in [5, 5.41) is 6.55. The summed E-state index contributed by atoms with van der Waals surface area (Å²) in [6.07, 6.45) is 6.62. The number of piperidine rings is 1. The number of aromatic nitrogens is 1. The van der Waals surface area contributed by atoms with Crippen molar-refractivity contribution in [3.63, 3.8) is 0 Å². The Balaban J connectivity index is 1.41. The van der Waals surface area contributed by atoms with Crippen LogP contribution in [0.25, 0.3) is 0 Å². The fraction of sp³-hybridized carbons (Fsp3) is 0.789. The van der Waals surface area contributed by atoms with Crippen LogP contribution in [0.5, 0.6) is 0 Å². The van der Waals surface area contributed by atoms with Crippen molar-refractivity contribution in [3.05, 3.63) is 17.5 Å². The van der Waals surface area contributed by atoms with Crippen LogP contribution in [0.4, 0.5) is 0 Å². The molecule has 1 aromatic rings. The number of hydrogen-bond acceptors (Lipinski definition) is 6. The van der Waals surface area contributed by atoms with Gasteiger partial charge in [0.15, 0.2) is 5.69 Å². The van der Waals surface area contributed by atoms with Crippen LogP contribution in [0.15, 0.2) is 10.6 Å². The highest BCUT2D eigenvalue weighted by Crippen LogP contribution is 2.40. The van der Waals surface area contributed by atoms with Crippen LogP contribution in [0.1, 0.15) is 74.5 Å². The van der Waals surface area contributed by atoms with E-state index >= 15 is 0 Å². The van der Waals surface area contributed by atoms with Gasteiger partial charge in [0.1, 0.15) is 5.76 Å². The summed E-state index contributed by atoms with van der Waals surface area (Å²) in [7, 11) is -3.31. The van der Waals surface area contributed by atoms with Crippen LogP contribution >= 0.6 is 0 Å². The maximum atomic E-state index is 13.3. The van der Waals surface area contributed by atoms with Gasteiger partial charge >= 0.3 is 0 Å². The summed E-state index contributed by atoms with van der Waals surface area (Å²) in [4.78, 5) is 12.5. The zero-order chi connectivity index (χ0) is 19.9. The summed E-state index contributed by atoms with van der Waals surface area (Å²) in [5.74, 6) is 0.434. The fourth-order valence-electron chi connectivity index (χ4n) is 5.07. The molecule has 0 unspecified atom stereocenters. The van der Waals surface area contributed by atoms with Gasteiger partial charge in [0, 0.05) is 36.7 Å². The first-order valence-corrected chi connectivity index (χ1v) is 11.9. The second-order valence-corrected chi connectivity index (χ2v) is 10.6. The van der Waals surface area contributed by atoms with Gasteiger partial charge in [-0.1, -0.05) is 12.1 Å². The van der Waals surface area contributed by atoms with E-state index in [2.05, 4.69) is 10.5 Å². The molecule has 8 nitrogen and oxygen atoms in total. The normalized spacial score (nSPS) is 33.7. The summed E-state index contributed by atoms with van der Waals surface area (Å²) < 4.78 is 33.4. The number of nitrogens with one attached hydrogen (secondary N) is 1. The number of hydrogen-bond donors (Lipinski definition) is 2. The quantitative estimate of drug-likeness (QED) is 0.760. The van der Waals surface area contributed by atoms with E-state index in [1.54, 1.807) is 10.4 Å². The van der Waals surface area contributed by atoms with Crippen LogP contribution in [0.3, 0.4) is 0 Å². The van der Waals surface area contributed by atoms with E-state index in [4.69, 9.17) is 10.3 Å². The van der Waals surface area contributed by atoms with E-state index in [0.29, 0.717) is 37.9 Å². The minimum atomic E-state index is -3.31. The Bertz CT molecular complexity index is 802. The Hall–Kier alpha value is -1.45. The minimum Gasteiger partial charge on any atom is -0.361 e. The maximum Gasteiger partial charge on any atom is 0.273 e. The molecule has 0 aromatic carbocycles. The largest absolute Gasteiger partial charge is 0.361 e. The first-order chi connectivity index (χ1) is 13.4. The molecule has 3 aliphatic rings. The van der Waals surface area contributed by atoms with E-state index in [1.807, 2.05) is 6.92 Å². The third-order valence-corrected chi connectivity index (χ3v) is 9.07. The highest BCUT2D eigenvalue weighted by Gasteiger charge is 2.49. The van der Waals surface area contributed by atoms with E-state index in [1.165, 1.54) is 0 Å². The number of fused-ring (bicyclic) bond motifs is 2. The first kappa shape index (κ1) is 19.8. The van der Waals surface area contributed by atoms with Crippen molar-refractivity contribution >= 4 is 15.9 Å². The molecule has 1 amide bonds. The van der Waals surface area contributed by atoms with E-state index in [0.717, 1.165) is 25.7 Å². The molecule has 156 valence electrons. The SMILES string of the molecule is CCc1cc(C(=O)N[C@H]2C[C@H]3CC[C@@H](C2)N3S(=O)(=O)[C@H]2CC[C@@H](N)CC2)no1. The number of carbonyl (C=O) groups is 1. The Morgan fingerprint density at radius 1 is 1.21 bits per heavy atom. The second kappa shape index (κ2) is 7.76. The van der Waals surface area contributed by atoms with Crippen molar-refractivity contribution in [2.75, 3.05) is 0 Å². The lowest BCUT2D eigenvalue weighted by Gasteiger charge is -2.40. The monoisotopic (exact) mass is 410 g/mol. The van der Waals surface area contributed by atoms with E-state index in [9.17, 15) is 13.2 Å². The molecule has 1 saturated carbocycles. The third-order valence-electron chi connectivity index (χ3n) is 6.58. The van der Waals surface area contributed by atoms with Gasteiger partial charge in [-0.25, -0.2) is 8.42 Å². The number of aryl methyl sites for hydroxylation is 1. The Morgan fingerprint density at radius 2 is 1.86 bits per heavy atom. The average Bonchev–Trinajstić information content (AvgIpc) is 3.25. The average molecular weight is 411 g/mol. The van der Waals surface area contributed by atoms with Gasteiger partial charge in [0.25, 0.3) is 5.91 Å². The van der Waals surface area contributed by atoms with Gasteiger partial charge in [-0.15, -0.1) is 0 Å². The zero-order valence-electron chi connectivity index (χ0n) is 16.3. The lowest BCUT2D eigenvalue weighted by Crippen LogP contribution is -2.55. The predicted octanol–water partition coefficient (Wildman–Crippen LogP) is 1.56. The number of carbonyl (C=O) groups excluding carboxylic acids is 1. The molecule has 3 atom stereocenters. The molecule has 2 aliphatic heterocycles. The van der Waals surface area contributed by atoms with Crippen molar-refractivity contribution in [1.29, 1.82) is 0 Å². The van der Waals surface area contributed by atoms with Crippen LogP contribution in [0, 0.1) is 0 Å². The summed E-state index contributed by atoms with van der Waals surface area (Å²) in [6, 6.07) is 1.73. The van der Waals surface area contributed by atoms with Crippen molar-refractivity contribution in [3.8, 4) is 0 Å².